The van der Waals surface area contributed by atoms with Gasteiger partial charge in [-0.2, -0.15) is 0 Å². The Morgan fingerprint density at radius 1 is 0.973 bits per heavy atom. The lowest BCUT2D eigenvalue weighted by Crippen LogP contribution is -2.05. The van der Waals surface area contributed by atoms with E-state index in [0.29, 0.717) is 26.1 Å². The summed E-state index contributed by atoms with van der Waals surface area (Å²) in [5, 5.41) is 5.15. The zero-order valence-corrected chi connectivity index (χ0v) is 22.3. The van der Waals surface area contributed by atoms with Gasteiger partial charge in [0.15, 0.2) is 0 Å². The maximum Gasteiger partial charge on any atom is 0.306 e. The Morgan fingerprint density at radius 2 is 1.81 bits per heavy atom. The van der Waals surface area contributed by atoms with Gasteiger partial charge in [0.05, 0.1) is 17.2 Å². The van der Waals surface area contributed by atoms with Crippen LogP contribution in [0.15, 0.2) is 89.9 Å². The molecule has 0 fully saturated rings. The van der Waals surface area contributed by atoms with E-state index in [1.807, 2.05) is 43.3 Å². The molecule has 3 aromatic heterocycles. The van der Waals surface area contributed by atoms with Gasteiger partial charge in [0.25, 0.3) is 0 Å². The van der Waals surface area contributed by atoms with Crippen LogP contribution in [0.1, 0.15) is 30.2 Å². The number of ether oxygens (including phenoxy) is 2. The second-order valence-electron chi connectivity index (χ2n) is 8.59. The SMILES string of the molecule is CCOC(=O)CCc1cn(Cc2ccc(OCc3csc(-c4cccs4)n3)cc2)cc1-c1ccccc1. The molecule has 37 heavy (non-hydrogen) atoms. The number of thiophene rings is 1. The first-order valence-electron chi connectivity index (χ1n) is 12.3. The van der Waals surface area contributed by atoms with Crippen molar-refractivity contribution in [1.29, 1.82) is 0 Å². The molecule has 0 aliphatic heterocycles. The molecular formula is C30H28N2O3S2. The third kappa shape index (κ3) is 6.56. The molecule has 188 valence electrons. The number of nitrogens with zero attached hydrogens (tertiary/aromatic N) is 2. The van der Waals surface area contributed by atoms with Crippen LogP contribution in [0.4, 0.5) is 0 Å². The lowest BCUT2D eigenvalue weighted by molar-refractivity contribution is -0.143. The predicted octanol–water partition coefficient (Wildman–Crippen LogP) is 7.46. The number of carbonyl (C=O) groups is 1. The van der Waals surface area contributed by atoms with Crippen LogP contribution in [0, 0.1) is 0 Å². The smallest absolute Gasteiger partial charge is 0.306 e. The molecule has 5 nitrogen and oxygen atoms in total. The minimum atomic E-state index is -0.162. The van der Waals surface area contributed by atoms with Crippen LogP contribution in [0.25, 0.3) is 21.0 Å². The average Bonchev–Trinajstić information content (AvgIpc) is 3.69. The molecule has 5 aromatic rings. The summed E-state index contributed by atoms with van der Waals surface area (Å²) in [6.07, 6.45) is 5.32. The van der Waals surface area contributed by atoms with Crippen LogP contribution in [-0.2, 0) is 29.1 Å². The summed E-state index contributed by atoms with van der Waals surface area (Å²) < 4.78 is 13.3. The molecule has 0 saturated heterocycles. The number of aromatic nitrogens is 2. The largest absolute Gasteiger partial charge is 0.487 e. The number of rotatable bonds is 11. The topological polar surface area (TPSA) is 53.4 Å². The Kier molecular flexibility index (Phi) is 8.13. The number of esters is 1. The lowest BCUT2D eigenvalue weighted by atomic mass is 10.0. The summed E-state index contributed by atoms with van der Waals surface area (Å²) in [4.78, 5) is 17.8. The standard InChI is InChI=1S/C30H28N2O3S2/c1-2-34-29(33)15-12-24-18-32(19-27(24)23-7-4-3-5-8-23)17-22-10-13-26(14-11-22)35-20-25-21-37-30(31-25)28-9-6-16-36-28/h3-11,13-14,16,18-19,21H,2,12,15,17,20H2,1H3. The second-order valence-corrected chi connectivity index (χ2v) is 10.4. The van der Waals surface area contributed by atoms with E-state index >= 15 is 0 Å². The van der Waals surface area contributed by atoms with Crippen LogP contribution in [0.3, 0.4) is 0 Å². The van der Waals surface area contributed by atoms with Crippen LogP contribution < -0.4 is 4.74 Å². The Labute approximate surface area is 225 Å². The van der Waals surface area contributed by atoms with Gasteiger partial charge >= 0.3 is 5.97 Å². The van der Waals surface area contributed by atoms with Crippen molar-refractivity contribution in [2.45, 2.75) is 32.9 Å². The van der Waals surface area contributed by atoms with Gasteiger partial charge in [0, 0.05) is 36.3 Å². The maximum atomic E-state index is 11.9. The van der Waals surface area contributed by atoms with Gasteiger partial charge in [-0.3, -0.25) is 4.79 Å². The average molecular weight is 529 g/mol. The van der Waals surface area contributed by atoms with E-state index in [-0.39, 0.29) is 5.97 Å². The Morgan fingerprint density at radius 3 is 2.57 bits per heavy atom. The van der Waals surface area contributed by atoms with E-state index in [0.717, 1.165) is 39.7 Å². The molecule has 0 aliphatic carbocycles. The monoisotopic (exact) mass is 528 g/mol. The zero-order valence-electron chi connectivity index (χ0n) is 20.6. The molecule has 0 aliphatic rings. The molecule has 0 unspecified atom stereocenters. The fourth-order valence-electron chi connectivity index (χ4n) is 4.14. The number of thiazole rings is 1. The molecule has 0 N–H and O–H groups in total. The van der Waals surface area contributed by atoms with Gasteiger partial charge in [-0.15, -0.1) is 22.7 Å². The number of hydrogen-bond acceptors (Lipinski definition) is 6. The quantitative estimate of drug-likeness (QED) is 0.167. The van der Waals surface area contributed by atoms with Gasteiger partial charge in [-0.1, -0.05) is 48.5 Å². The molecule has 0 spiro atoms. The summed E-state index contributed by atoms with van der Waals surface area (Å²) in [5.41, 5.74) is 5.55. The molecule has 2 aromatic carbocycles. The zero-order chi connectivity index (χ0) is 25.5. The first-order chi connectivity index (χ1) is 18.2. The summed E-state index contributed by atoms with van der Waals surface area (Å²) in [7, 11) is 0. The van der Waals surface area contributed by atoms with E-state index in [1.54, 1.807) is 22.7 Å². The lowest BCUT2D eigenvalue weighted by Gasteiger charge is -2.07. The van der Waals surface area contributed by atoms with Crippen molar-refractivity contribution in [3.8, 4) is 26.8 Å². The van der Waals surface area contributed by atoms with Crippen LogP contribution >= 0.6 is 22.7 Å². The van der Waals surface area contributed by atoms with E-state index < -0.39 is 0 Å². The summed E-state index contributed by atoms with van der Waals surface area (Å²) >= 11 is 3.34. The van der Waals surface area contributed by atoms with Crippen LogP contribution in [-0.4, -0.2) is 22.1 Å². The highest BCUT2D eigenvalue weighted by Crippen LogP contribution is 2.29. The van der Waals surface area contributed by atoms with Crippen LogP contribution in [0.2, 0.25) is 0 Å². The maximum absolute atomic E-state index is 11.9. The normalized spacial score (nSPS) is 10.9. The summed E-state index contributed by atoms with van der Waals surface area (Å²) in [6.45, 7) is 3.42. The van der Waals surface area contributed by atoms with Crippen molar-refractivity contribution in [2.75, 3.05) is 6.61 Å². The Balaban J connectivity index is 1.23. The highest BCUT2D eigenvalue weighted by Gasteiger charge is 2.12. The van der Waals surface area contributed by atoms with E-state index in [4.69, 9.17) is 9.47 Å². The van der Waals surface area contributed by atoms with E-state index in [1.165, 1.54) is 10.4 Å². The molecule has 0 atom stereocenters. The molecule has 7 heteroatoms. The Bertz CT molecular complexity index is 1420. The fourth-order valence-corrected chi connectivity index (χ4v) is 5.76. The third-order valence-electron chi connectivity index (χ3n) is 5.91. The molecular weight excluding hydrogens is 500 g/mol. The van der Waals surface area contributed by atoms with Gasteiger partial charge in [0.1, 0.15) is 17.4 Å². The summed E-state index contributed by atoms with van der Waals surface area (Å²) in [5.74, 6) is 0.660. The van der Waals surface area contributed by atoms with Crippen molar-refractivity contribution in [3.63, 3.8) is 0 Å². The summed E-state index contributed by atoms with van der Waals surface area (Å²) in [6, 6.07) is 22.6. The molecule has 3 heterocycles. The predicted molar refractivity (Wildman–Crippen MR) is 150 cm³/mol. The molecule has 5 rings (SSSR count). The van der Waals surface area contributed by atoms with Gasteiger partial charge in [0.2, 0.25) is 0 Å². The molecule has 0 amide bonds. The van der Waals surface area contributed by atoms with Gasteiger partial charge in [-0.25, -0.2) is 4.98 Å². The van der Waals surface area contributed by atoms with Crippen molar-refractivity contribution < 1.29 is 14.3 Å². The number of hydrogen-bond donors (Lipinski definition) is 0. The van der Waals surface area contributed by atoms with E-state index in [2.05, 4.69) is 63.0 Å². The van der Waals surface area contributed by atoms with Crippen molar-refractivity contribution in [2.24, 2.45) is 0 Å². The van der Waals surface area contributed by atoms with Crippen molar-refractivity contribution in [3.05, 3.63) is 107 Å². The number of aryl methyl sites for hydroxylation is 1. The van der Waals surface area contributed by atoms with Gasteiger partial charge < -0.3 is 14.0 Å². The highest BCUT2D eigenvalue weighted by molar-refractivity contribution is 7.20. The molecule has 0 bridgehead atoms. The fraction of sp³-hybridized carbons (Fsp3) is 0.200. The first kappa shape index (κ1) is 25.0. The molecule has 0 saturated carbocycles. The van der Waals surface area contributed by atoms with Crippen molar-refractivity contribution in [1.82, 2.24) is 9.55 Å². The van der Waals surface area contributed by atoms with Crippen molar-refractivity contribution >= 4 is 28.6 Å². The highest BCUT2D eigenvalue weighted by atomic mass is 32.1. The third-order valence-corrected chi connectivity index (χ3v) is 7.84. The second kappa shape index (κ2) is 12.0. The van der Waals surface area contributed by atoms with E-state index in [9.17, 15) is 4.79 Å². The minimum absolute atomic E-state index is 0.162. The molecule has 0 radical (unpaired) electrons. The number of carbonyl (C=O) groups excluding carboxylic acids is 1. The number of benzene rings is 2. The minimum Gasteiger partial charge on any atom is -0.487 e. The Hall–Kier alpha value is -3.68. The van der Waals surface area contributed by atoms with Crippen LogP contribution in [0.5, 0.6) is 5.75 Å². The van der Waals surface area contributed by atoms with Gasteiger partial charge in [-0.05, 0) is 53.6 Å². The first-order valence-corrected chi connectivity index (χ1v) is 14.0.